The number of hydrogen-bond acceptors (Lipinski definition) is 4. The fraction of sp³-hybridized carbons (Fsp3) is 0.190. The molecule has 1 aliphatic rings. The second-order valence-electron chi connectivity index (χ2n) is 6.95. The first-order chi connectivity index (χ1) is 13.3. The van der Waals surface area contributed by atoms with E-state index in [0.29, 0.717) is 29.2 Å². The van der Waals surface area contributed by atoms with Crippen molar-refractivity contribution in [3.63, 3.8) is 0 Å². The van der Waals surface area contributed by atoms with Crippen molar-refractivity contribution in [1.29, 1.82) is 0 Å². The molecule has 144 valence electrons. The van der Waals surface area contributed by atoms with Crippen LogP contribution in [0.4, 0.5) is 0 Å². The van der Waals surface area contributed by atoms with E-state index in [1.54, 1.807) is 42.6 Å². The van der Waals surface area contributed by atoms with Gasteiger partial charge in [0.05, 0.1) is 15.3 Å². The van der Waals surface area contributed by atoms with Crippen LogP contribution in [0.1, 0.15) is 12.5 Å². The van der Waals surface area contributed by atoms with E-state index in [9.17, 15) is 8.42 Å². The Hall–Kier alpha value is -2.41. The van der Waals surface area contributed by atoms with Gasteiger partial charge < -0.3 is 5.73 Å². The molecule has 2 heterocycles. The maximum atomic E-state index is 13.5. The number of aromatic nitrogens is 1. The Morgan fingerprint density at radius 1 is 1.18 bits per heavy atom. The molecule has 0 amide bonds. The van der Waals surface area contributed by atoms with Crippen LogP contribution in [-0.2, 0) is 16.4 Å². The standard InChI is InChI=1S/C21H20ClN3O2S/c1-21(22)10-12-24-20-18(14-21)17-13-15(9-11-23)7-8-19(17)25(20)28(26,27)16-5-3-2-4-6-16/h2-8,10,12-14H,9,11,23H2,1H3. The molecule has 2 N–H and O–H groups in total. The van der Waals surface area contributed by atoms with Crippen molar-refractivity contribution in [3.05, 3.63) is 77.1 Å². The molecule has 3 aromatic rings. The van der Waals surface area contributed by atoms with Gasteiger partial charge in [-0.15, -0.1) is 11.6 Å². The predicted octanol–water partition coefficient (Wildman–Crippen LogP) is 2.30. The van der Waals surface area contributed by atoms with Crippen molar-refractivity contribution in [1.82, 2.24) is 3.97 Å². The van der Waals surface area contributed by atoms with Crippen molar-refractivity contribution < 1.29 is 8.42 Å². The summed E-state index contributed by atoms with van der Waals surface area (Å²) in [4.78, 5) is 3.89. The summed E-state index contributed by atoms with van der Waals surface area (Å²) in [6, 6.07) is 14.0. The van der Waals surface area contributed by atoms with Gasteiger partial charge >= 0.3 is 0 Å². The molecule has 0 saturated heterocycles. The molecule has 1 atom stereocenters. The summed E-state index contributed by atoms with van der Waals surface area (Å²) in [5.41, 5.74) is 7.66. The van der Waals surface area contributed by atoms with Crippen molar-refractivity contribution in [3.8, 4) is 0 Å². The lowest BCUT2D eigenvalue weighted by Gasteiger charge is -2.09. The first-order valence-electron chi connectivity index (χ1n) is 8.95. The monoisotopic (exact) mass is 413 g/mol. The molecule has 1 unspecified atom stereocenters. The number of rotatable bonds is 4. The van der Waals surface area contributed by atoms with E-state index in [4.69, 9.17) is 17.3 Å². The molecule has 28 heavy (non-hydrogen) atoms. The van der Waals surface area contributed by atoms with E-state index in [-0.39, 0.29) is 4.90 Å². The fourth-order valence-electron chi connectivity index (χ4n) is 3.43. The zero-order chi connectivity index (χ0) is 19.9. The van der Waals surface area contributed by atoms with Crippen molar-refractivity contribution in [2.75, 3.05) is 6.54 Å². The van der Waals surface area contributed by atoms with Gasteiger partial charge in [-0.25, -0.2) is 17.4 Å². The summed E-state index contributed by atoms with van der Waals surface area (Å²) in [5.74, 6) is 0. The smallest absolute Gasteiger partial charge is 0.269 e. The van der Waals surface area contributed by atoms with Gasteiger partial charge in [0.25, 0.3) is 10.0 Å². The Labute approximate surface area is 168 Å². The van der Waals surface area contributed by atoms with E-state index in [1.807, 2.05) is 31.2 Å². The Balaban J connectivity index is 2.16. The number of nitrogens with two attached hydrogens (primary N) is 1. The number of halogens is 1. The number of allylic oxidation sites excluding steroid dienone is 1. The zero-order valence-corrected chi connectivity index (χ0v) is 16.9. The number of benzene rings is 2. The third-order valence-corrected chi connectivity index (χ3v) is 6.69. The van der Waals surface area contributed by atoms with Crippen molar-refractivity contribution >= 4 is 38.6 Å². The van der Waals surface area contributed by atoms with E-state index < -0.39 is 14.9 Å². The molecule has 0 fully saturated rings. The maximum absolute atomic E-state index is 13.5. The van der Waals surface area contributed by atoms with E-state index in [2.05, 4.69) is 4.99 Å². The van der Waals surface area contributed by atoms with Crippen LogP contribution in [0.15, 0.2) is 70.7 Å². The van der Waals surface area contributed by atoms with Gasteiger partial charge in [0.1, 0.15) is 0 Å². The first-order valence-corrected chi connectivity index (χ1v) is 10.8. The topological polar surface area (TPSA) is 77.4 Å². The third-order valence-electron chi connectivity index (χ3n) is 4.74. The largest absolute Gasteiger partial charge is 0.330 e. The predicted molar refractivity (Wildman–Crippen MR) is 112 cm³/mol. The second kappa shape index (κ2) is 6.88. The summed E-state index contributed by atoms with van der Waals surface area (Å²) >= 11 is 6.57. The molecule has 7 heteroatoms. The van der Waals surface area contributed by atoms with Crippen molar-refractivity contribution in [2.45, 2.75) is 23.1 Å². The summed E-state index contributed by atoms with van der Waals surface area (Å²) in [6.45, 7) is 2.36. The van der Waals surface area contributed by atoms with E-state index in [1.165, 1.54) is 3.97 Å². The van der Waals surface area contributed by atoms with Crippen LogP contribution >= 0.6 is 11.6 Å². The van der Waals surface area contributed by atoms with Gasteiger partial charge in [-0.1, -0.05) is 24.3 Å². The van der Waals surface area contributed by atoms with E-state index in [0.717, 1.165) is 10.9 Å². The van der Waals surface area contributed by atoms with Crippen LogP contribution in [0.5, 0.6) is 0 Å². The summed E-state index contributed by atoms with van der Waals surface area (Å²) in [7, 11) is -3.84. The molecule has 0 aliphatic carbocycles. The fourth-order valence-corrected chi connectivity index (χ4v) is 5.10. The quantitative estimate of drug-likeness (QED) is 0.666. The number of alkyl halides is 1. The average Bonchev–Trinajstić information content (AvgIpc) is 2.86. The molecule has 0 spiro atoms. The molecular weight excluding hydrogens is 394 g/mol. The molecule has 1 aliphatic heterocycles. The molecule has 4 rings (SSSR count). The summed E-state index contributed by atoms with van der Waals surface area (Å²) in [6.07, 6.45) is 5.85. The molecule has 1 aromatic heterocycles. The third kappa shape index (κ3) is 3.17. The molecule has 5 nitrogen and oxygen atoms in total. The minimum atomic E-state index is -3.84. The maximum Gasteiger partial charge on any atom is 0.269 e. The van der Waals surface area contributed by atoms with Crippen LogP contribution < -0.4 is 16.4 Å². The minimum Gasteiger partial charge on any atom is -0.330 e. The molecule has 2 aromatic carbocycles. The van der Waals surface area contributed by atoms with Crippen molar-refractivity contribution in [2.24, 2.45) is 10.7 Å². The van der Waals surface area contributed by atoms with Crippen LogP contribution in [0.3, 0.4) is 0 Å². The Kier molecular flexibility index (Phi) is 4.65. The molecular formula is C21H20ClN3O2S. The van der Waals surface area contributed by atoms with Crippen LogP contribution in [-0.4, -0.2) is 23.8 Å². The normalized spacial score (nSPS) is 19.0. The van der Waals surface area contributed by atoms with E-state index >= 15 is 0 Å². The summed E-state index contributed by atoms with van der Waals surface area (Å²) < 4.78 is 28.3. The number of nitrogens with zero attached hydrogens (tertiary/aromatic N) is 2. The molecule has 0 radical (unpaired) electrons. The SMILES string of the molecule is CC1(Cl)C=CN=c2c(c3cc(CCN)ccc3n2S(=O)(=O)c2ccccc2)=C1. The van der Waals surface area contributed by atoms with Crippen LogP contribution in [0, 0.1) is 0 Å². The van der Waals surface area contributed by atoms with Crippen LogP contribution in [0.25, 0.3) is 17.0 Å². The zero-order valence-electron chi connectivity index (χ0n) is 15.3. The number of fused-ring (bicyclic) bond motifs is 3. The van der Waals surface area contributed by atoms with Crippen LogP contribution in [0.2, 0.25) is 0 Å². The van der Waals surface area contributed by atoms with Gasteiger partial charge in [0.2, 0.25) is 0 Å². The minimum absolute atomic E-state index is 0.206. The number of hydrogen-bond donors (Lipinski definition) is 1. The highest BCUT2D eigenvalue weighted by atomic mass is 35.5. The molecule has 0 bridgehead atoms. The Morgan fingerprint density at radius 2 is 1.93 bits per heavy atom. The first kappa shape index (κ1) is 18.9. The summed E-state index contributed by atoms with van der Waals surface area (Å²) in [5, 5.41) is 1.50. The molecule has 0 saturated carbocycles. The Bertz CT molecular complexity index is 1310. The lowest BCUT2D eigenvalue weighted by Crippen LogP contribution is -2.34. The van der Waals surface area contributed by atoms with Gasteiger partial charge in [-0.3, -0.25) is 0 Å². The second-order valence-corrected chi connectivity index (χ2v) is 9.55. The van der Waals surface area contributed by atoms with Gasteiger partial charge in [-0.05, 0) is 61.9 Å². The lowest BCUT2D eigenvalue weighted by molar-refractivity contribution is 0.587. The van der Waals surface area contributed by atoms with Gasteiger partial charge in [0.15, 0.2) is 5.49 Å². The van der Waals surface area contributed by atoms with Gasteiger partial charge in [-0.2, -0.15) is 0 Å². The average molecular weight is 414 g/mol. The highest BCUT2D eigenvalue weighted by Crippen LogP contribution is 2.23. The highest BCUT2D eigenvalue weighted by Gasteiger charge is 2.25. The highest BCUT2D eigenvalue weighted by molar-refractivity contribution is 7.90. The van der Waals surface area contributed by atoms with Gasteiger partial charge in [0, 0.05) is 16.8 Å². The lowest BCUT2D eigenvalue weighted by atomic mass is 10.1. The Morgan fingerprint density at radius 3 is 2.64 bits per heavy atom.